The van der Waals surface area contributed by atoms with E-state index < -0.39 is 0 Å². The number of hydrogen-bond donors (Lipinski definition) is 0. The van der Waals surface area contributed by atoms with Crippen LogP contribution in [0.4, 0.5) is 0 Å². The standard InChI is InChI=1S/C17H19N5O/c1-2-4-15(5-3-1)22-16(12-21-9-8-18-13-21)19-17(20-22)14-6-10-23-11-7-14/h1-5,8-9,13-14H,6-7,10-12H2. The molecule has 6 nitrogen and oxygen atoms in total. The Hall–Kier alpha value is -2.47. The van der Waals surface area contributed by atoms with Crippen molar-refractivity contribution >= 4 is 0 Å². The van der Waals surface area contributed by atoms with Gasteiger partial charge in [0.2, 0.25) is 0 Å². The van der Waals surface area contributed by atoms with Gasteiger partial charge < -0.3 is 9.30 Å². The van der Waals surface area contributed by atoms with Crippen LogP contribution < -0.4 is 0 Å². The van der Waals surface area contributed by atoms with Crippen LogP contribution in [0.25, 0.3) is 5.69 Å². The molecule has 2 aromatic heterocycles. The third-order valence-corrected chi connectivity index (χ3v) is 4.16. The Morgan fingerprint density at radius 3 is 2.70 bits per heavy atom. The normalized spacial score (nSPS) is 15.8. The number of rotatable bonds is 4. The maximum absolute atomic E-state index is 5.45. The Bertz CT molecular complexity index is 745. The molecule has 3 aromatic rings. The molecule has 1 aliphatic heterocycles. The van der Waals surface area contributed by atoms with Crippen molar-refractivity contribution < 1.29 is 4.74 Å². The van der Waals surface area contributed by atoms with Crippen LogP contribution in [0.3, 0.4) is 0 Å². The predicted octanol–water partition coefficient (Wildman–Crippen LogP) is 2.41. The van der Waals surface area contributed by atoms with Gasteiger partial charge in [-0.15, -0.1) is 0 Å². The second-order valence-electron chi connectivity index (χ2n) is 5.76. The molecule has 1 aromatic carbocycles. The third-order valence-electron chi connectivity index (χ3n) is 4.16. The third kappa shape index (κ3) is 3.03. The molecule has 0 amide bonds. The molecule has 118 valence electrons. The molecule has 6 heteroatoms. The lowest BCUT2D eigenvalue weighted by atomic mass is 10.00. The molecule has 3 heterocycles. The number of hydrogen-bond acceptors (Lipinski definition) is 4. The van der Waals surface area contributed by atoms with E-state index in [-0.39, 0.29) is 0 Å². The highest BCUT2D eigenvalue weighted by Gasteiger charge is 2.22. The van der Waals surface area contributed by atoms with Gasteiger partial charge in [0, 0.05) is 31.5 Å². The predicted molar refractivity (Wildman–Crippen MR) is 85.5 cm³/mol. The lowest BCUT2D eigenvalue weighted by molar-refractivity contribution is 0.0836. The van der Waals surface area contributed by atoms with Gasteiger partial charge in [-0.05, 0) is 25.0 Å². The maximum Gasteiger partial charge on any atom is 0.154 e. The molecule has 4 rings (SSSR count). The molecule has 0 bridgehead atoms. The fourth-order valence-corrected chi connectivity index (χ4v) is 2.91. The Labute approximate surface area is 134 Å². The van der Waals surface area contributed by atoms with E-state index in [1.165, 1.54) is 0 Å². The molecule has 0 saturated carbocycles. The Kier molecular flexibility index (Phi) is 3.90. The van der Waals surface area contributed by atoms with E-state index in [4.69, 9.17) is 14.8 Å². The van der Waals surface area contributed by atoms with Crippen molar-refractivity contribution in [2.24, 2.45) is 0 Å². The Morgan fingerprint density at radius 1 is 1.13 bits per heavy atom. The van der Waals surface area contributed by atoms with Gasteiger partial charge in [-0.1, -0.05) is 18.2 Å². The van der Waals surface area contributed by atoms with Gasteiger partial charge in [0.05, 0.1) is 18.6 Å². The molecule has 0 atom stereocenters. The van der Waals surface area contributed by atoms with Crippen molar-refractivity contribution in [2.75, 3.05) is 13.2 Å². The first kappa shape index (κ1) is 14.1. The first-order chi connectivity index (χ1) is 11.4. The van der Waals surface area contributed by atoms with Crippen molar-refractivity contribution in [3.05, 3.63) is 60.7 Å². The van der Waals surface area contributed by atoms with Gasteiger partial charge in [0.25, 0.3) is 0 Å². The van der Waals surface area contributed by atoms with E-state index in [1.807, 2.05) is 33.6 Å². The largest absolute Gasteiger partial charge is 0.381 e. The van der Waals surface area contributed by atoms with Gasteiger partial charge in [-0.3, -0.25) is 0 Å². The van der Waals surface area contributed by atoms with Crippen LogP contribution in [0.1, 0.15) is 30.4 Å². The molecule has 0 aliphatic carbocycles. The van der Waals surface area contributed by atoms with Crippen LogP contribution in [-0.2, 0) is 11.3 Å². The Morgan fingerprint density at radius 2 is 1.96 bits per heavy atom. The molecule has 1 fully saturated rings. The number of nitrogens with zero attached hydrogens (tertiary/aromatic N) is 5. The summed E-state index contributed by atoms with van der Waals surface area (Å²) in [6, 6.07) is 10.2. The summed E-state index contributed by atoms with van der Waals surface area (Å²) in [5.74, 6) is 2.23. The Balaban J connectivity index is 1.71. The van der Waals surface area contributed by atoms with Crippen molar-refractivity contribution in [3.63, 3.8) is 0 Å². The second-order valence-corrected chi connectivity index (χ2v) is 5.76. The first-order valence-corrected chi connectivity index (χ1v) is 7.95. The second kappa shape index (κ2) is 6.34. The maximum atomic E-state index is 5.45. The van der Waals surface area contributed by atoms with Gasteiger partial charge in [0.1, 0.15) is 0 Å². The molecule has 23 heavy (non-hydrogen) atoms. The van der Waals surface area contributed by atoms with Crippen molar-refractivity contribution in [1.29, 1.82) is 0 Å². The van der Waals surface area contributed by atoms with Gasteiger partial charge >= 0.3 is 0 Å². The summed E-state index contributed by atoms with van der Waals surface area (Å²) in [4.78, 5) is 8.94. The average molecular weight is 309 g/mol. The van der Waals surface area contributed by atoms with Crippen LogP contribution in [0.2, 0.25) is 0 Å². The number of imidazole rings is 1. The van der Waals surface area contributed by atoms with E-state index in [0.29, 0.717) is 12.5 Å². The molecule has 1 saturated heterocycles. The summed E-state index contributed by atoms with van der Waals surface area (Å²) >= 11 is 0. The number of para-hydroxylation sites is 1. The summed E-state index contributed by atoms with van der Waals surface area (Å²) in [7, 11) is 0. The highest BCUT2D eigenvalue weighted by Crippen LogP contribution is 2.25. The van der Waals surface area contributed by atoms with Gasteiger partial charge in [-0.25, -0.2) is 14.6 Å². The van der Waals surface area contributed by atoms with Gasteiger partial charge in [-0.2, -0.15) is 5.10 Å². The van der Waals surface area contributed by atoms with Crippen molar-refractivity contribution in [3.8, 4) is 5.69 Å². The zero-order valence-corrected chi connectivity index (χ0v) is 12.9. The van der Waals surface area contributed by atoms with E-state index in [0.717, 1.165) is 43.4 Å². The molecular formula is C17H19N5O. The summed E-state index contributed by atoms with van der Waals surface area (Å²) in [5, 5.41) is 4.80. The van der Waals surface area contributed by atoms with Crippen LogP contribution >= 0.6 is 0 Å². The van der Waals surface area contributed by atoms with Crippen molar-refractivity contribution in [2.45, 2.75) is 25.3 Å². The summed E-state index contributed by atoms with van der Waals surface area (Å²) < 4.78 is 9.41. The topological polar surface area (TPSA) is 57.8 Å². The summed E-state index contributed by atoms with van der Waals surface area (Å²) in [6.07, 6.45) is 7.51. The quantitative estimate of drug-likeness (QED) is 0.742. The van der Waals surface area contributed by atoms with Crippen LogP contribution in [0.15, 0.2) is 49.1 Å². The lowest BCUT2D eigenvalue weighted by Gasteiger charge is -2.18. The van der Waals surface area contributed by atoms with E-state index in [9.17, 15) is 0 Å². The lowest BCUT2D eigenvalue weighted by Crippen LogP contribution is -2.15. The fraction of sp³-hybridized carbons (Fsp3) is 0.353. The van der Waals surface area contributed by atoms with Crippen LogP contribution in [-0.4, -0.2) is 37.5 Å². The zero-order chi connectivity index (χ0) is 15.5. The van der Waals surface area contributed by atoms with Crippen LogP contribution in [0, 0.1) is 0 Å². The minimum Gasteiger partial charge on any atom is -0.381 e. The van der Waals surface area contributed by atoms with Crippen LogP contribution in [0.5, 0.6) is 0 Å². The minimum absolute atomic E-state index is 0.384. The molecule has 0 unspecified atom stereocenters. The van der Waals surface area contributed by atoms with E-state index in [2.05, 4.69) is 17.1 Å². The molecule has 0 radical (unpaired) electrons. The minimum atomic E-state index is 0.384. The molecule has 0 N–H and O–H groups in total. The monoisotopic (exact) mass is 309 g/mol. The summed E-state index contributed by atoms with van der Waals surface area (Å²) in [6.45, 7) is 2.24. The highest BCUT2D eigenvalue weighted by molar-refractivity contribution is 5.31. The van der Waals surface area contributed by atoms with Gasteiger partial charge in [0.15, 0.2) is 11.6 Å². The smallest absolute Gasteiger partial charge is 0.154 e. The molecule has 0 spiro atoms. The average Bonchev–Trinajstić information content (AvgIpc) is 3.27. The number of benzene rings is 1. The summed E-state index contributed by atoms with van der Waals surface area (Å²) in [5.41, 5.74) is 1.04. The number of aromatic nitrogens is 5. The molecule has 1 aliphatic rings. The molecular weight excluding hydrogens is 290 g/mol. The highest BCUT2D eigenvalue weighted by atomic mass is 16.5. The van der Waals surface area contributed by atoms with E-state index >= 15 is 0 Å². The van der Waals surface area contributed by atoms with Crippen molar-refractivity contribution in [1.82, 2.24) is 24.3 Å². The number of ether oxygens (including phenoxy) is 1. The fourth-order valence-electron chi connectivity index (χ4n) is 2.91. The SMILES string of the molecule is c1ccc(-n2nc(C3CCOCC3)nc2Cn2ccnc2)cc1. The first-order valence-electron chi connectivity index (χ1n) is 7.95. The zero-order valence-electron chi connectivity index (χ0n) is 12.9. The van der Waals surface area contributed by atoms with E-state index in [1.54, 1.807) is 12.5 Å².